The number of hydrogen-bond donors (Lipinski definition) is 2. The standard InChI is InChI=1S/C13H19BrN2/c14-11-4-6-13(7-5-11)16-10-8-12-3-1-2-9-15-12/h4-7,12,15-16H,1-3,8-10H2. The van der Waals surface area contributed by atoms with E-state index in [0.717, 1.165) is 17.1 Å². The van der Waals surface area contributed by atoms with Crippen molar-refractivity contribution < 1.29 is 0 Å². The summed E-state index contributed by atoms with van der Waals surface area (Å²) in [4.78, 5) is 0. The third-order valence-corrected chi connectivity index (χ3v) is 3.61. The predicted octanol–water partition coefficient (Wildman–Crippen LogP) is 3.39. The first kappa shape index (κ1) is 11.9. The van der Waals surface area contributed by atoms with E-state index in [-0.39, 0.29) is 0 Å². The van der Waals surface area contributed by atoms with Crippen LogP contribution in [0.4, 0.5) is 5.69 Å². The van der Waals surface area contributed by atoms with Gasteiger partial charge in [-0.25, -0.2) is 0 Å². The number of nitrogens with one attached hydrogen (secondary N) is 2. The van der Waals surface area contributed by atoms with Gasteiger partial charge in [-0.2, -0.15) is 0 Å². The second-order valence-corrected chi connectivity index (χ2v) is 5.28. The number of halogens is 1. The Morgan fingerprint density at radius 1 is 1.25 bits per heavy atom. The molecule has 1 aromatic carbocycles. The lowest BCUT2D eigenvalue weighted by Gasteiger charge is -2.23. The first-order valence-electron chi connectivity index (χ1n) is 6.07. The molecule has 1 heterocycles. The van der Waals surface area contributed by atoms with E-state index >= 15 is 0 Å². The Balaban J connectivity index is 1.69. The molecule has 3 heteroatoms. The lowest BCUT2D eigenvalue weighted by atomic mass is 10.0. The zero-order valence-electron chi connectivity index (χ0n) is 9.51. The van der Waals surface area contributed by atoms with Crippen molar-refractivity contribution >= 4 is 21.6 Å². The Hall–Kier alpha value is -0.540. The molecule has 2 nitrogen and oxygen atoms in total. The lowest BCUT2D eigenvalue weighted by molar-refractivity contribution is 0.389. The average Bonchev–Trinajstić information content (AvgIpc) is 2.33. The van der Waals surface area contributed by atoms with Crippen LogP contribution in [0.2, 0.25) is 0 Å². The minimum Gasteiger partial charge on any atom is -0.385 e. The topological polar surface area (TPSA) is 24.1 Å². The predicted molar refractivity (Wildman–Crippen MR) is 72.9 cm³/mol. The largest absolute Gasteiger partial charge is 0.385 e. The normalized spacial score (nSPS) is 20.7. The Kier molecular flexibility index (Phi) is 4.67. The number of piperidine rings is 1. The summed E-state index contributed by atoms with van der Waals surface area (Å²) in [5.41, 5.74) is 1.21. The molecule has 0 spiro atoms. The Labute approximate surface area is 106 Å². The van der Waals surface area contributed by atoms with Crippen LogP contribution in [-0.2, 0) is 0 Å². The van der Waals surface area contributed by atoms with Crippen LogP contribution in [-0.4, -0.2) is 19.1 Å². The summed E-state index contributed by atoms with van der Waals surface area (Å²) in [6, 6.07) is 9.08. The number of anilines is 1. The summed E-state index contributed by atoms with van der Waals surface area (Å²) >= 11 is 3.44. The summed E-state index contributed by atoms with van der Waals surface area (Å²) in [5.74, 6) is 0. The minimum absolute atomic E-state index is 0.719. The molecule has 0 radical (unpaired) electrons. The summed E-state index contributed by atoms with van der Waals surface area (Å²) in [6.07, 6.45) is 5.28. The molecule has 0 amide bonds. The number of hydrogen-bond acceptors (Lipinski definition) is 2. The van der Waals surface area contributed by atoms with Crippen molar-refractivity contribution in [2.24, 2.45) is 0 Å². The van der Waals surface area contributed by atoms with Gasteiger partial charge in [-0.05, 0) is 50.1 Å². The fourth-order valence-corrected chi connectivity index (χ4v) is 2.39. The van der Waals surface area contributed by atoms with Crippen molar-refractivity contribution in [2.45, 2.75) is 31.7 Å². The Morgan fingerprint density at radius 3 is 2.75 bits per heavy atom. The maximum atomic E-state index is 3.57. The van der Waals surface area contributed by atoms with Gasteiger partial charge in [0.2, 0.25) is 0 Å². The minimum atomic E-state index is 0.719. The smallest absolute Gasteiger partial charge is 0.0340 e. The van der Waals surface area contributed by atoms with Crippen LogP contribution in [0.15, 0.2) is 28.7 Å². The molecular formula is C13H19BrN2. The van der Waals surface area contributed by atoms with Gasteiger partial charge in [-0.3, -0.25) is 0 Å². The highest BCUT2D eigenvalue weighted by Gasteiger charge is 2.11. The van der Waals surface area contributed by atoms with Crippen molar-refractivity contribution in [3.05, 3.63) is 28.7 Å². The second kappa shape index (κ2) is 6.26. The Bertz CT molecular complexity index is 304. The molecule has 1 aromatic rings. The third-order valence-electron chi connectivity index (χ3n) is 3.08. The summed E-state index contributed by atoms with van der Waals surface area (Å²) in [5, 5.41) is 7.03. The van der Waals surface area contributed by atoms with Gasteiger partial charge in [0, 0.05) is 22.7 Å². The van der Waals surface area contributed by atoms with Crippen LogP contribution < -0.4 is 10.6 Å². The van der Waals surface area contributed by atoms with Gasteiger partial charge in [0.15, 0.2) is 0 Å². The van der Waals surface area contributed by atoms with Crippen molar-refractivity contribution in [1.29, 1.82) is 0 Å². The SMILES string of the molecule is Brc1ccc(NCCC2CCCCN2)cc1. The zero-order chi connectivity index (χ0) is 11.2. The van der Waals surface area contributed by atoms with Crippen molar-refractivity contribution in [2.75, 3.05) is 18.4 Å². The van der Waals surface area contributed by atoms with E-state index < -0.39 is 0 Å². The van der Waals surface area contributed by atoms with Crippen molar-refractivity contribution in [1.82, 2.24) is 5.32 Å². The summed E-state index contributed by atoms with van der Waals surface area (Å²) < 4.78 is 1.13. The van der Waals surface area contributed by atoms with Gasteiger partial charge in [0.1, 0.15) is 0 Å². The molecule has 88 valence electrons. The number of rotatable bonds is 4. The molecule has 1 fully saturated rings. The molecular weight excluding hydrogens is 264 g/mol. The van der Waals surface area contributed by atoms with Crippen LogP contribution >= 0.6 is 15.9 Å². The molecule has 0 aromatic heterocycles. The molecule has 1 aliphatic heterocycles. The van der Waals surface area contributed by atoms with Gasteiger partial charge in [0.25, 0.3) is 0 Å². The van der Waals surface area contributed by atoms with Crippen molar-refractivity contribution in [3.63, 3.8) is 0 Å². The molecule has 2 rings (SSSR count). The van der Waals surface area contributed by atoms with Crippen LogP contribution in [0, 0.1) is 0 Å². The van der Waals surface area contributed by atoms with Gasteiger partial charge in [-0.1, -0.05) is 22.4 Å². The molecule has 1 atom stereocenters. The second-order valence-electron chi connectivity index (χ2n) is 4.37. The maximum Gasteiger partial charge on any atom is 0.0340 e. The monoisotopic (exact) mass is 282 g/mol. The quantitative estimate of drug-likeness (QED) is 0.885. The molecule has 1 aliphatic rings. The molecule has 1 unspecified atom stereocenters. The lowest BCUT2D eigenvalue weighted by Crippen LogP contribution is -2.35. The van der Waals surface area contributed by atoms with E-state index in [4.69, 9.17) is 0 Å². The van der Waals surface area contributed by atoms with Gasteiger partial charge in [-0.15, -0.1) is 0 Å². The highest BCUT2D eigenvalue weighted by atomic mass is 79.9. The van der Waals surface area contributed by atoms with Crippen LogP contribution in [0.3, 0.4) is 0 Å². The first-order valence-corrected chi connectivity index (χ1v) is 6.87. The Morgan fingerprint density at radius 2 is 2.06 bits per heavy atom. The van der Waals surface area contributed by atoms with E-state index in [1.54, 1.807) is 0 Å². The van der Waals surface area contributed by atoms with Gasteiger partial charge in [0.05, 0.1) is 0 Å². The maximum absolute atomic E-state index is 3.57. The van der Waals surface area contributed by atoms with E-state index in [9.17, 15) is 0 Å². The molecule has 0 saturated carbocycles. The third kappa shape index (κ3) is 3.80. The molecule has 0 aliphatic carbocycles. The van der Waals surface area contributed by atoms with E-state index in [1.807, 2.05) is 0 Å². The average molecular weight is 283 g/mol. The van der Waals surface area contributed by atoms with Gasteiger partial charge >= 0.3 is 0 Å². The first-order chi connectivity index (χ1) is 7.84. The van der Waals surface area contributed by atoms with Crippen molar-refractivity contribution in [3.8, 4) is 0 Å². The van der Waals surface area contributed by atoms with Crippen LogP contribution in [0.1, 0.15) is 25.7 Å². The molecule has 1 saturated heterocycles. The molecule has 16 heavy (non-hydrogen) atoms. The summed E-state index contributed by atoms with van der Waals surface area (Å²) in [6.45, 7) is 2.25. The van der Waals surface area contributed by atoms with E-state index in [2.05, 4.69) is 50.8 Å². The fourth-order valence-electron chi connectivity index (χ4n) is 2.13. The highest BCUT2D eigenvalue weighted by molar-refractivity contribution is 9.10. The molecule has 2 N–H and O–H groups in total. The van der Waals surface area contributed by atoms with E-state index in [1.165, 1.54) is 37.9 Å². The van der Waals surface area contributed by atoms with Gasteiger partial charge < -0.3 is 10.6 Å². The zero-order valence-corrected chi connectivity index (χ0v) is 11.1. The number of benzene rings is 1. The van der Waals surface area contributed by atoms with E-state index in [0.29, 0.717) is 0 Å². The van der Waals surface area contributed by atoms with Crippen LogP contribution in [0.25, 0.3) is 0 Å². The summed E-state index contributed by atoms with van der Waals surface area (Å²) in [7, 11) is 0. The fraction of sp³-hybridized carbons (Fsp3) is 0.538. The van der Waals surface area contributed by atoms with Crippen LogP contribution in [0.5, 0.6) is 0 Å². The molecule has 0 bridgehead atoms. The highest BCUT2D eigenvalue weighted by Crippen LogP contribution is 2.15.